The van der Waals surface area contributed by atoms with Crippen LogP contribution in [-0.2, 0) is 17.8 Å². The molecular formula is C23H23N5O2. The molecule has 1 unspecified atom stereocenters. The molecule has 5 rings (SSSR count). The number of anilines is 3. The molecule has 1 atom stereocenters. The van der Waals surface area contributed by atoms with E-state index in [0.717, 1.165) is 40.8 Å². The van der Waals surface area contributed by atoms with Gasteiger partial charge in [-0.3, -0.25) is 9.48 Å². The number of carbonyl (C=O) groups is 1. The summed E-state index contributed by atoms with van der Waals surface area (Å²) in [5.74, 6) is -0.832. The SMILES string of the molecule is O=C(O)CCn1cc(Nc2cc(NC3CCc4ccccc43)c3cc[nH]c3c2)cn1. The summed E-state index contributed by atoms with van der Waals surface area (Å²) in [7, 11) is 0. The van der Waals surface area contributed by atoms with Crippen LogP contribution < -0.4 is 10.6 Å². The molecule has 4 aromatic rings. The van der Waals surface area contributed by atoms with Gasteiger partial charge in [-0.05, 0) is 42.2 Å². The molecule has 1 aliphatic rings. The lowest BCUT2D eigenvalue weighted by molar-refractivity contribution is -0.137. The first-order valence-corrected chi connectivity index (χ1v) is 10.1. The van der Waals surface area contributed by atoms with Gasteiger partial charge in [0.05, 0.1) is 30.9 Å². The van der Waals surface area contributed by atoms with Crippen molar-refractivity contribution < 1.29 is 9.90 Å². The highest BCUT2D eigenvalue weighted by Gasteiger charge is 2.22. The summed E-state index contributed by atoms with van der Waals surface area (Å²) in [6, 6.07) is 15.2. The van der Waals surface area contributed by atoms with Gasteiger partial charge in [-0.25, -0.2) is 0 Å². The Bertz CT molecular complexity index is 1210. The highest BCUT2D eigenvalue weighted by Crippen LogP contribution is 2.37. The Hall–Kier alpha value is -3.74. The second-order valence-electron chi connectivity index (χ2n) is 7.66. The van der Waals surface area contributed by atoms with Crippen LogP contribution >= 0.6 is 0 Å². The van der Waals surface area contributed by atoms with Gasteiger partial charge in [0, 0.05) is 34.7 Å². The summed E-state index contributed by atoms with van der Waals surface area (Å²) in [6.07, 6.45) is 7.71. The molecule has 7 heteroatoms. The van der Waals surface area contributed by atoms with E-state index in [9.17, 15) is 4.79 Å². The predicted molar refractivity (Wildman–Crippen MR) is 117 cm³/mol. The number of aryl methyl sites for hydroxylation is 2. The summed E-state index contributed by atoms with van der Waals surface area (Å²) in [6.45, 7) is 0.348. The lowest BCUT2D eigenvalue weighted by atomic mass is 10.1. The van der Waals surface area contributed by atoms with Crippen molar-refractivity contribution in [2.75, 3.05) is 10.6 Å². The number of H-pyrrole nitrogens is 1. The fourth-order valence-electron chi connectivity index (χ4n) is 4.18. The normalized spacial score (nSPS) is 15.3. The van der Waals surface area contributed by atoms with Crippen LogP contribution in [0.3, 0.4) is 0 Å². The molecule has 0 amide bonds. The molecule has 152 valence electrons. The zero-order valence-electron chi connectivity index (χ0n) is 16.4. The standard InChI is InChI=1S/C23H23N5O2/c29-23(30)8-10-28-14-17(13-25-28)26-16-11-21-19(7-9-24-21)22(12-16)27-20-6-5-15-3-1-2-4-18(15)20/h1-4,7,9,11-14,20,24,26-27H,5-6,8,10H2,(H,29,30). The molecule has 2 aromatic carbocycles. The molecule has 0 radical (unpaired) electrons. The van der Waals surface area contributed by atoms with E-state index in [1.807, 2.05) is 12.4 Å². The van der Waals surface area contributed by atoms with Crippen molar-refractivity contribution >= 4 is 33.9 Å². The first-order chi connectivity index (χ1) is 14.7. The Morgan fingerprint density at radius 2 is 2.13 bits per heavy atom. The minimum atomic E-state index is -0.832. The van der Waals surface area contributed by atoms with E-state index in [1.165, 1.54) is 11.1 Å². The molecule has 0 bridgehead atoms. The monoisotopic (exact) mass is 401 g/mol. The van der Waals surface area contributed by atoms with Gasteiger partial charge < -0.3 is 20.7 Å². The first-order valence-electron chi connectivity index (χ1n) is 10.1. The van der Waals surface area contributed by atoms with Crippen LogP contribution in [0.15, 0.2) is 61.1 Å². The van der Waals surface area contributed by atoms with Crippen LogP contribution in [0.25, 0.3) is 10.9 Å². The predicted octanol–water partition coefficient (Wildman–Crippen LogP) is 4.68. The van der Waals surface area contributed by atoms with E-state index < -0.39 is 5.97 Å². The fourth-order valence-corrected chi connectivity index (χ4v) is 4.18. The number of aromatic nitrogens is 3. The number of hydrogen-bond donors (Lipinski definition) is 4. The third-order valence-corrected chi connectivity index (χ3v) is 5.61. The highest BCUT2D eigenvalue weighted by molar-refractivity contribution is 5.95. The number of carboxylic acids is 1. The zero-order valence-corrected chi connectivity index (χ0v) is 16.4. The van der Waals surface area contributed by atoms with E-state index >= 15 is 0 Å². The van der Waals surface area contributed by atoms with E-state index in [4.69, 9.17) is 5.11 Å². The average molecular weight is 401 g/mol. The summed E-state index contributed by atoms with van der Waals surface area (Å²) in [5, 5.41) is 21.4. The molecule has 2 aromatic heterocycles. The Morgan fingerprint density at radius 1 is 1.23 bits per heavy atom. The number of nitrogens with one attached hydrogen (secondary N) is 3. The Morgan fingerprint density at radius 3 is 3.03 bits per heavy atom. The van der Waals surface area contributed by atoms with Gasteiger partial charge in [-0.2, -0.15) is 5.10 Å². The zero-order chi connectivity index (χ0) is 20.5. The lowest BCUT2D eigenvalue weighted by Crippen LogP contribution is -2.07. The number of hydrogen-bond acceptors (Lipinski definition) is 4. The number of rotatable bonds is 7. The molecule has 0 fully saturated rings. The quantitative estimate of drug-likeness (QED) is 0.361. The molecule has 0 spiro atoms. The van der Waals surface area contributed by atoms with Crippen molar-refractivity contribution in [2.24, 2.45) is 0 Å². The molecule has 30 heavy (non-hydrogen) atoms. The number of fused-ring (bicyclic) bond motifs is 2. The summed E-state index contributed by atoms with van der Waals surface area (Å²) in [5.41, 5.74) is 6.69. The van der Waals surface area contributed by atoms with Gasteiger partial charge in [-0.1, -0.05) is 24.3 Å². The number of aliphatic carboxylic acids is 1. The van der Waals surface area contributed by atoms with Gasteiger partial charge in [0.15, 0.2) is 0 Å². The Balaban J connectivity index is 1.39. The fraction of sp³-hybridized carbons (Fsp3) is 0.217. The van der Waals surface area contributed by atoms with Gasteiger partial charge in [0.25, 0.3) is 0 Å². The summed E-state index contributed by atoms with van der Waals surface area (Å²) >= 11 is 0. The molecule has 0 saturated heterocycles. The molecule has 0 aliphatic heterocycles. The van der Waals surface area contributed by atoms with Crippen molar-refractivity contribution in [2.45, 2.75) is 31.8 Å². The minimum Gasteiger partial charge on any atom is -0.481 e. The van der Waals surface area contributed by atoms with Crippen molar-refractivity contribution in [3.63, 3.8) is 0 Å². The second-order valence-corrected chi connectivity index (χ2v) is 7.66. The first kappa shape index (κ1) is 18.3. The van der Waals surface area contributed by atoms with Crippen molar-refractivity contribution in [3.8, 4) is 0 Å². The maximum absolute atomic E-state index is 10.8. The third kappa shape index (κ3) is 3.61. The topological polar surface area (TPSA) is 95.0 Å². The van der Waals surface area contributed by atoms with E-state index in [1.54, 1.807) is 10.9 Å². The maximum Gasteiger partial charge on any atom is 0.305 e. The van der Waals surface area contributed by atoms with Crippen molar-refractivity contribution in [1.29, 1.82) is 0 Å². The van der Waals surface area contributed by atoms with Crippen LogP contribution in [0.4, 0.5) is 17.1 Å². The molecule has 0 saturated carbocycles. The van der Waals surface area contributed by atoms with Gasteiger partial charge in [0.2, 0.25) is 0 Å². The molecule has 2 heterocycles. The number of nitrogens with zero attached hydrogens (tertiary/aromatic N) is 2. The molecule has 7 nitrogen and oxygen atoms in total. The summed E-state index contributed by atoms with van der Waals surface area (Å²) in [4.78, 5) is 14.1. The number of carboxylic acid groups (broad SMARTS) is 1. The maximum atomic E-state index is 10.8. The number of aromatic amines is 1. The van der Waals surface area contributed by atoms with Crippen LogP contribution in [0.5, 0.6) is 0 Å². The van der Waals surface area contributed by atoms with Crippen LogP contribution in [0, 0.1) is 0 Å². The van der Waals surface area contributed by atoms with Gasteiger partial charge in [-0.15, -0.1) is 0 Å². The highest BCUT2D eigenvalue weighted by atomic mass is 16.4. The smallest absolute Gasteiger partial charge is 0.305 e. The van der Waals surface area contributed by atoms with Crippen LogP contribution in [0.2, 0.25) is 0 Å². The van der Waals surface area contributed by atoms with Gasteiger partial charge in [0.1, 0.15) is 0 Å². The second kappa shape index (κ2) is 7.59. The largest absolute Gasteiger partial charge is 0.481 e. The number of benzene rings is 2. The molecule has 4 N–H and O–H groups in total. The van der Waals surface area contributed by atoms with E-state index in [2.05, 4.69) is 63.2 Å². The minimum absolute atomic E-state index is 0.0481. The summed E-state index contributed by atoms with van der Waals surface area (Å²) < 4.78 is 1.64. The Labute approximate surface area is 173 Å². The molecule has 1 aliphatic carbocycles. The van der Waals surface area contributed by atoms with Crippen molar-refractivity contribution in [3.05, 3.63) is 72.2 Å². The van der Waals surface area contributed by atoms with Crippen LogP contribution in [-0.4, -0.2) is 25.8 Å². The third-order valence-electron chi connectivity index (χ3n) is 5.61. The van der Waals surface area contributed by atoms with Crippen molar-refractivity contribution in [1.82, 2.24) is 14.8 Å². The average Bonchev–Trinajstić information content (AvgIpc) is 3.47. The Kier molecular flexibility index (Phi) is 4.63. The van der Waals surface area contributed by atoms with Gasteiger partial charge >= 0.3 is 5.97 Å². The van der Waals surface area contributed by atoms with Crippen LogP contribution in [0.1, 0.15) is 30.0 Å². The van der Waals surface area contributed by atoms with E-state index in [0.29, 0.717) is 12.6 Å². The lowest BCUT2D eigenvalue weighted by Gasteiger charge is -2.18. The molecular weight excluding hydrogens is 378 g/mol. The van der Waals surface area contributed by atoms with E-state index in [-0.39, 0.29) is 6.42 Å².